The van der Waals surface area contributed by atoms with Gasteiger partial charge in [0.15, 0.2) is 0 Å². The summed E-state index contributed by atoms with van der Waals surface area (Å²) in [5.74, 6) is -8.27. The van der Waals surface area contributed by atoms with Gasteiger partial charge in [-0.1, -0.05) is 0 Å². The number of hydrogen-bond donors (Lipinski definition) is 9. The van der Waals surface area contributed by atoms with Crippen LogP contribution in [-0.2, 0) is 59.7 Å². The van der Waals surface area contributed by atoms with E-state index >= 15 is 0 Å². The molecule has 2 heterocycles. The topological polar surface area (TPSA) is 333 Å². The molecule has 2 aromatic rings. The maximum Gasteiger partial charge on any atom is 0.326 e. The molecule has 4 rings (SSSR count). The lowest BCUT2D eigenvalue weighted by molar-refractivity contribution is -0.144. The minimum atomic E-state index is -1.70. The van der Waals surface area contributed by atoms with Crippen LogP contribution in [0.1, 0.15) is 50.2 Å². The van der Waals surface area contributed by atoms with E-state index in [4.69, 9.17) is 5.11 Å². The molecule has 0 spiro atoms. The SMILES string of the molecule is O=C(O)CC[C@H](NC(=O)N[C@@H](CCC(=O)NC(C(=O)O)C12CC1(N(Cc1nccn1CC(=O)O)Cc1nccn1CC(=O)O)C2)C(=O)O)C(=O)O. The second-order valence-corrected chi connectivity index (χ2v) is 12.3. The minimum Gasteiger partial charge on any atom is -0.481 e. The molecule has 2 saturated carbocycles. The number of amides is 3. The second-order valence-electron chi connectivity index (χ2n) is 12.3. The molecule has 2 aliphatic carbocycles. The molecule has 0 bridgehead atoms. The Morgan fingerprint density at radius 3 is 1.57 bits per heavy atom. The first-order valence-electron chi connectivity index (χ1n) is 15.4. The number of imidazole rings is 2. The number of carboxylic acids is 6. The van der Waals surface area contributed by atoms with E-state index in [1.54, 1.807) is 0 Å². The average molecular weight is 721 g/mol. The lowest BCUT2D eigenvalue weighted by Gasteiger charge is -2.25. The van der Waals surface area contributed by atoms with Gasteiger partial charge in [-0.15, -0.1) is 0 Å². The predicted octanol–water partition coefficient (Wildman–Crippen LogP) is -1.80. The standard InChI is InChI=1S/C29H36N8O14/c38-19(3-1-15(24(45)46)32-27(51)33-16(25(47)48)2-4-20(39)40)34-23(26(49)50)28-13-29(28,14-28)37(9-17-30-5-7-35(17)11-21(41)42)10-18-31-6-8-36(18)12-22(43)44/h5-8,15-16,23H,1-4,9-14H2,(H,34,38)(H,39,40)(H,41,42)(H,43,44)(H,45,46)(H,47,48)(H,49,50)(H2,32,33,51)/t15-,16-,23?,28?,29?/m0/s1. The van der Waals surface area contributed by atoms with Gasteiger partial charge in [0.1, 0.15) is 42.9 Å². The van der Waals surface area contributed by atoms with Crippen LogP contribution in [0.5, 0.6) is 0 Å². The van der Waals surface area contributed by atoms with E-state index in [1.165, 1.54) is 33.9 Å². The highest BCUT2D eigenvalue weighted by Crippen LogP contribution is 2.83. The molecule has 0 aromatic carbocycles. The molecule has 1 unspecified atom stereocenters. The zero-order valence-corrected chi connectivity index (χ0v) is 26.8. The van der Waals surface area contributed by atoms with Crippen molar-refractivity contribution in [2.45, 2.75) is 88.4 Å². The summed E-state index contributed by atoms with van der Waals surface area (Å²) >= 11 is 0. The number of aliphatic carboxylic acids is 6. The number of hydrogen-bond acceptors (Lipinski definition) is 11. The maximum absolute atomic E-state index is 13.0. The third-order valence-corrected chi connectivity index (χ3v) is 9.00. The zero-order valence-electron chi connectivity index (χ0n) is 26.8. The van der Waals surface area contributed by atoms with E-state index in [9.17, 15) is 63.9 Å². The van der Waals surface area contributed by atoms with Gasteiger partial charge >= 0.3 is 41.8 Å². The van der Waals surface area contributed by atoms with Gasteiger partial charge in [0.2, 0.25) is 5.91 Å². The van der Waals surface area contributed by atoms with Crippen molar-refractivity contribution in [3.8, 4) is 0 Å². The van der Waals surface area contributed by atoms with E-state index < -0.39 is 116 Å². The average Bonchev–Trinajstić information content (AvgIpc) is 3.68. The van der Waals surface area contributed by atoms with Gasteiger partial charge in [-0.05, 0) is 25.7 Å². The number of carbonyl (C=O) groups is 8. The molecule has 3 amide bonds. The van der Waals surface area contributed by atoms with Crippen LogP contribution in [0, 0.1) is 5.41 Å². The van der Waals surface area contributed by atoms with Crippen LogP contribution in [0.25, 0.3) is 0 Å². The van der Waals surface area contributed by atoms with E-state index in [0.717, 1.165) is 0 Å². The van der Waals surface area contributed by atoms with Crippen molar-refractivity contribution in [3.05, 3.63) is 36.4 Å². The Labute approximate surface area is 287 Å². The molecule has 2 aromatic heterocycles. The molecule has 22 heteroatoms. The molecular weight excluding hydrogens is 684 g/mol. The van der Waals surface area contributed by atoms with Crippen LogP contribution in [0.15, 0.2) is 24.8 Å². The molecule has 51 heavy (non-hydrogen) atoms. The monoisotopic (exact) mass is 720 g/mol. The van der Waals surface area contributed by atoms with Gasteiger partial charge < -0.3 is 55.7 Å². The molecule has 22 nitrogen and oxygen atoms in total. The summed E-state index contributed by atoms with van der Waals surface area (Å²) in [7, 11) is 0. The van der Waals surface area contributed by atoms with Crippen molar-refractivity contribution < 1.29 is 69.0 Å². The van der Waals surface area contributed by atoms with Crippen molar-refractivity contribution in [1.82, 2.24) is 40.0 Å². The number of rotatable bonds is 22. The van der Waals surface area contributed by atoms with E-state index in [0.29, 0.717) is 11.6 Å². The van der Waals surface area contributed by atoms with Gasteiger partial charge in [-0.25, -0.2) is 29.1 Å². The molecule has 3 atom stereocenters. The summed E-state index contributed by atoms with van der Waals surface area (Å²) < 4.78 is 2.79. The third-order valence-electron chi connectivity index (χ3n) is 9.00. The summed E-state index contributed by atoms with van der Waals surface area (Å²) in [6.07, 6.45) is 4.15. The van der Waals surface area contributed by atoms with Crippen LogP contribution < -0.4 is 16.0 Å². The fourth-order valence-electron chi connectivity index (χ4n) is 6.26. The Morgan fingerprint density at radius 2 is 1.16 bits per heavy atom. The molecule has 0 radical (unpaired) electrons. The first kappa shape index (κ1) is 37.8. The van der Waals surface area contributed by atoms with Gasteiger partial charge in [0.05, 0.1) is 13.1 Å². The molecule has 2 fully saturated rings. The van der Waals surface area contributed by atoms with Crippen LogP contribution >= 0.6 is 0 Å². The van der Waals surface area contributed by atoms with Crippen molar-refractivity contribution in [1.29, 1.82) is 0 Å². The maximum atomic E-state index is 13.0. The van der Waals surface area contributed by atoms with Crippen LogP contribution in [0.3, 0.4) is 0 Å². The Kier molecular flexibility index (Phi) is 11.3. The summed E-state index contributed by atoms with van der Waals surface area (Å²) in [4.78, 5) is 105. The second kappa shape index (κ2) is 15.2. The highest BCUT2D eigenvalue weighted by molar-refractivity contribution is 5.88. The highest BCUT2D eigenvalue weighted by Gasteiger charge is 2.89. The normalized spacial score (nSPS) is 20.3. The van der Waals surface area contributed by atoms with Crippen molar-refractivity contribution in [2.24, 2.45) is 5.41 Å². The van der Waals surface area contributed by atoms with E-state index in [-0.39, 0.29) is 25.9 Å². The quantitative estimate of drug-likeness (QED) is 0.0648. The van der Waals surface area contributed by atoms with Gasteiger partial charge in [-0.3, -0.25) is 24.1 Å². The van der Waals surface area contributed by atoms with Crippen molar-refractivity contribution in [3.63, 3.8) is 0 Å². The highest BCUT2D eigenvalue weighted by atomic mass is 16.4. The minimum absolute atomic E-state index is 0.0231. The molecule has 276 valence electrons. The van der Waals surface area contributed by atoms with Gasteiger partial charge in [0.25, 0.3) is 0 Å². The smallest absolute Gasteiger partial charge is 0.326 e. The van der Waals surface area contributed by atoms with Crippen LogP contribution in [-0.4, -0.2) is 126 Å². The zero-order chi connectivity index (χ0) is 37.7. The molecule has 0 aliphatic heterocycles. The predicted molar refractivity (Wildman–Crippen MR) is 164 cm³/mol. The Balaban J connectivity index is 1.44. The van der Waals surface area contributed by atoms with Crippen LogP contribution in [0.2, 0.25) is 0 Å². The fourth-order valence-corrected chi connectivity index (χ4v) is 6.26. The van der Waals surface area contributed by atoms with Crippen molar-refractivity contribution in [2.75, 3.05) is 0 Å². The number of carboxylic acid groups (broad SMARTS) is 6. The number of nitrogens with one attached hydrogen (secondary N) is 3. The number of urea groups is 1. The number of nitrogens with zero attached hydrogens (tertiary/aromatic N) is 5. The molecule has 2 aliphatic rings. The van der Waals surface area contributed by atoms with E-state index in [1.807, 2.05) is 15.5 Å². The number of fused-ring (bicyclic) bond motifs is 1. The molecule has 9 N–H and O–H groups in total. The molecule has 0 saturated heterocycles. The Morgan fingerprint density at radius 1 is 0.686 bits per heavy atom. The number of aromatic nitrogens is 4. The fraction of sp³-hybridized carbons (Fsp3) is 0.517. The largest absolute Gasteiger partial charge is 0.481 e. The lowest BCUT2D eigenvalue weighted by atomic mass is 10.0. The third kappa shape index (κ3) is 8.95. The summed E-state index contributed by atoms with van der Waals surface area (Å²) in [6.45, 7) is -0.756. The summed E-state index contributed by atoms with van der Waals surface area (Å²) in [5.41, 5.74) is -1.82. The first-order valence-corrected chi connectivity index (χ1v) is 15.4. The van der Waals surface area contributed by atoms with E-state index in [2.05, 4.69) is 15.3 Å². The first-order chi connectivity index (χ1) is 24.0. The molecular formula is C29H36N8O14. The summed E-state index contributed by atoms with van der Waals surface area (Å²) in [5, 5.41) is 62.8. The number of carbonyl (C=O) groups excluding carboxylic acids is 2. The van der Waals surface area contributed by atoms with Crippen molar-refractivity contribution >= 4 is 47.8 Å². The Hall–Kier alpha value is -6.06. The Bertz CT molecular complexity index is 1660. The van der Waals surface area contributed by atoms with Gasteiger partial charge in [-0.2, -0.15) is 0 Å². The summed E-state index contributed by atoms with van der Waals surface area (Å²) in [6, 6.07) is -6.03. The van der Waals surface area contributed by atoms with Gasteiger partial charge in [0, 0.05) is 48.6 Å². The lowest BCUT2D eigenvalue weighted by Crippen LogP contribution is -2.51. The van der Waals surface area contributed by atoms with Crippen LogP contribution in [0.4, 0.5) is 4.79 Å².